The van der Waals surface area contributed by atoms with Crippen LogP contribution in [-0.4, -0.2) is 28.9 Å². The van der Waals surface area contributed by atoms with Gasteiger partial charge < -0.3 is 14.9 Å². The van der Waals surface area contributed by atoms with Gasteiger partial charge in [-0.05, 0) is 34.6 Å². The minimum Gasteiger partial charge on any atom is -0.444 e. The van der Waals surface area contributed by atoms with Crippen molar-refractivity contribution in [2.45, 2.75) is 52.2 Å². The maximum absolute atomic E-state index is 11.6. The predicted octanol–water partition coefficient (Wildman–Crippen LogP) is 1.59. The van der Waals surface area contributed by atoms with E-state index in [9.17, 15) is 9.59 Å². The van der Waals surface area contributed by atoms with Crippen LogP contribution in [-0.2, 0) is 14.4 Å². The van der Waals surface area contributed by atoms with Crippen molar-refractivity contribution in [1.82, 2.24) is 5.32 Å². The standard InChI is InChI=1S/C11H18N2O4/c1-10(2,3)16-9(15)12-11(4,5)7-6-8(14)17-13-7/h6H2,1-5H3,(H,12,15). The first kappa shape index (κ1) is 13.5. The van der Waals surface area contributed by atoms with Gasteiger partial charge in [0.15, 0.2) is 0 Å². The average molecular weight is 242 g/mol. The Morgan fingerprint density at radius 3 is 2.35 bits per heavy atom. The van der Waals surface area contributed by atoms with Crippen LogP contribution in [0.3, 0.4) is 0 Å². The van der Waals surface area contributed by atoms with Gasteiger partial charge in [-0.25, -0.2) is 9.59 Å². The highest BCUT2D eigenvalue weighted by atomic mass is 16.7. The summed E-state index contributed by atoms with van der Waals surface area (Å²) >= 11 is 0. The normalized spacial score (nSPS) is 16.3. The third kappa shape index (κ3) is 4.05. The van der Waals surface area contributed by atoms with Crippen LogP contribution in [0.25, 0.3) is 0 Å². The van der Waals surface area contributed by atoms with E-state index < -0.39 is 23.2 Å². The second-order valence-electron chi connectivity index (χ2n) is 5.43. The van der Waals surface area contributed by atoms with Crippen molar-refractivity contribution in [2.24, 2.45) is 5.16 Å². The Hall–Kier alpha value is -1.59. The number of rotatable bonds is 2. The van der Waals surface area contributed by atoms with E-state index in [1.54, 1.807) is 34.6 Å². The fourth-order valence-electron chi connectivity index (χ4n) is 1.27. The molecule has 0 aromatic heterocycles. The number of oxime groups is 1. The number of carbonyl (C=O) groups excluding carboxylic acids is 2. The second-order valence-corrected chi connectivity index (χ2v) is 5.43. The van der Waals surface area contributed by atoms with Gasteiger partial charge in [0.2, 0.25) is 0 Å². The molecule has 1 heterocycles. The van der Waals surface area contributed by atoms with Crippen molar-refractivity contribution < 1.29 is 19.2 Å². The Morgan fingerprint density at radius 1 is 1.35 bits per heavy atom. The highest BCUT2D eigenvalue weighted by molar-refractivity contribution is 6.07. The number of hydrogen-bond acceptors (Lipinski definition) is 5. The topological polar surface area (TPSA) is 77.0 Å². The molecule has 0 radical (unpaired) electrons. The lowest BCUT2D eigenvalue weighted by molar-refractivity contribution is -0.140. The lowest BCUT2D eigenvalue weighted by Gasteiger charge is -2.27. The molecule has 0 fully saturated rings. The summed E-state index contributed by atoms with van der Waals surface area (Å²) in [5, 5.41) is 6.29. The van der Waals surface area contributed by atoms with Crippen molar-refractivity contribution in [2.75, 3.05) is 0 Å². The van der Waals surface area contributed by atoms with Gasteiger partial charge in [-0.15, -0.1) is 0 Å². The average Bonchev–Trinajstić information content (AvgIpc) is 2.46. The van der Waals surface area contributed by atoms with Gasteiger partial charge in [0.05, 0.1) is 17.7 Å². The molecule has 1 aliphatic heterocycles. The number of alkyl carbamates (subject to hydrolysis) is 1. The summed E-state index contributed by atoms with van der Waals surface area (Å²) in [5.41, 5.74) is -0.855. The van der Waals surface area contributed by atoms with Crippen LogP contribution < -0.4 is 5.32 Å². The fraction of sp³-hybridized carbons (Fsp3) is 0.727. The molecule has 6 nitrogen and oxygen atoms in total. The molecule has 1 aliphatic rings. The fourth-order valence-corrected chi connectivity index (χ4v) is 1.27. The molecule has 0 atom stereocenters. The van der Waals surface area contributed by atoms with Gasteiger partial charge in [-0.2, -0.15) is 0 Å². The minimum absolute atomic E-state index is 0.0861. The first-order valence-corrected chi connectivity index (χ1v) is 5.38. The zero-order valence-corrected chi connectivity index (χ0v) is 10.8. The molecular weight excluding hydrogens is 224 g/mol. The zero-order valence-electron chi connectivity index (χ0n) is 10.8. The van der Waals surface area contributed by atoms with Crippen molar-refractivity contribution in [3.05, 3.63) is 0 Å². The Bertz CT molecular complexity index is 366. The number of ether oxygens (including phenoxy) is 1. The largest absolute Gasteiger partial charge is 0.444 e. The molecule has 0 spiro atoms. The first-order valence-electron chi connectivity index (χ1n) is 5.38. The Labute approximate surface area is 100 Å². The molecule has 0 bridgehead atoms. The van der Waals surface area contributed by atoms with E-state index in [0.717, 1.165) is 0 Å². The summed E-state index contributed by atoms with van der Waals surface area (Å²) < 4.78 is 5.13. The van der Waals surface area contributed by atoms with Crippen LogP contribution in [0.15, 0.2) is 5.16 Å². The highest BCUT2D eigenvalue weighted by Crippen LogP contribution is 2.16. The number of carbonyl (C=O) groups is 2. The summed E-state index contributed by atoms with van der Waals surface area (Å²) in [6, 6.07) is 0. The molecule has 96 valence electrons. The van der Waals surface area contributed by atoms with E-state index in [-0.39, 0.29) is 6.42 Å². The summed E-state index contributed by atoms with van der Waals surface area (Å²) in [4.78, 5) is 27.0. The second kappa shape index (κ2) is 4.35. The summed E-state index contributed by atoms with van der Waals surface area (Å²) in [6.07, 6.45) is -0.465. The maximum Gasteiger partial charge on any atom is 0.408 e. The first-order chi connectivity index (χ1) is 7.60. The molecule has 0 aliphatic carbocycles. The molecule has 17 heavy (non-hydrogen) atoms. The zero-order chi connectivity index (χ0) is 13.3. The number of hydrogen-bond donors (Lipinski definition) is 1. The van der Waals surface area contributed by atoms with Gasteiger partial charge >= 0.3 is 12.1 Å². The van der Waals surface area contributed by atoms with Crippen LogP contribution in [0, 0.1) is 0 Å². The van der Waals surface area contributed by atoms with Crippen molar-refractivity contribution >= 4 is 17.8 Å². The molecule has 0 aromatic carbocycles. The number of nitrogens with one attached hydrogen (secondary N) is 1. The van der Waals surface area contributed by atoms with Crippen LogP contribution in [0.5, 0.6) is 0 Å². The SMILES string of the molecule is CC(C)(C)OC(=O)NC(C)(C)C1=NOC(=O)C1. The van der Waals surface area contributed by atoms with Crippen LogP contribution in [0.1, 0.15) is 41.0 Å². The molecule has 1 N–H and O–H groups in total. The molecule has 0 aromatic rings. The van der Waals surface area contributed by atoms with E-state index >= 15 is 0 Å². The third-order valence-electron chi connectivity index (χ3n) is 2.10. The quantitative estimate of drug-likeness (QED) is 0.746. The van der Waals surface area contributed by atoms with E-state index in [2.05, 4.69) is 15.3 Å². The van der Waals surface area contributed by atoms with Gasteiger partial charge in [-0.1, -0.05) is 5.16 Å². The van der Waals surface area contributed by atoms with Crippen LogP contribution in [0.4, 0.5) is 4.79 Å². The van der Waals surface area contributed by atoms with Crippen molar-refractivity contribution in [3.8, 4) is 0 Å². The number of nitrogens with zero attached hydrogens (tertiary/aromatic N) is 1. The van der Waals surface area contributed by atoms with E-state index in [1.165, 1.54) is 0 Å². The van der Waals surface area contributed by atoms with Gasteiger partial charge in [0.25, 0.3) is 0 Å². The lowest BCUT2D eigenvalue weighted by Crippen LogP contribution is -2.50. The van der Waals surface area contributed by atoms with E-state index in [1.807, 2.05) is 0 Å². The molecule has 6 heteroatoms. The predicted molar refractivity (Wildman–Crippen MR) is 61.6 cm³/mol. The smallest absolute Gasteiger partial charge is 0.408 e. The Morgan fingerprint density at radius 2 is 1.94 bits per heavy atom. The van der Waals surface area contributed by atoms with Crippen molar-refractivity contribution in [3.63, 3.8) is 0 Å². The molecule has 0 saturated carbocycles. The van der Waals surface area contributed by atoms with Crippen LogP contribution >= 0.6 is 0 Å². The molecular formula is C11H18N2O4. The highest BCUT2D eigenvalue weighted by Gasteiger charge is 2.34. The Kier molecular flexibility index (Phi) is 3.45. The lowest BCUT2D eigenvalue weighted by atomic mass is 9.96. The molecule has 0 saturated heterocycles. The summed E-state index contributed by atoms with van der Waals surface area (Å²) in [6.45, 7) is 8.80. The van der Waals surface area contributed by atoms with Gasteiger partial charge in [0, 0.05) is 0 Å². The van der Waals surface area contributed by atoms with Gasteiger partial charge in [-0.3, -0.25) is 0 Å². The minimum atomic E-state index is -0.769. The monoisotopic (exact) mass is 242 g/mol. The van der Waals surface area contributed by atoms with Crippen molar-refractivity contribution in [1.29, 1.82) is 0 Å². The molecule has 0 unspecified atom stereocenters. The molecule has 1 rings (SSSR count). The number of amides is 1. The Balaban J connectivity index is 2.61. The van der Waals surface area contributed by atoms with Gasteiger partial charge in [0.1, 0.15) is 5.60 Å². The third-order valence-corrected chi connectivity index (χ3v) is 2.10. The van der Waals surface area contributed by atoms with E-state index in [0.29, 0.717) is 5.71 Å². The summed E-state index contributed by atoms with van der Waals surface area (Å²) in [7, 11) is 0. The van der Waals surface area contributed by atoms with E-state index in [4.69, 9.17) is 4.74 Å². The van der Waals surface area contributed by atoms with Crippen LogP contribution in [0.2, 0.25) is 0 Å². The summed E-state index contributed by atoms with van der Waals surface area (Å²) in [5.74, 6) is -0.418. The maximum atomic E-state index is 11.6. The molecule has 1 amide bonds.